The van der Waals surface area contributed by atoms with Gasteiger partial charge >= 0.3 is 0 Å². The van der Waals surface area contributed by atoms with E-state index in [1.165, 1.54) is 24.7 Å². The van der Waals surface area contributed by atoms with Gasteiger partial charge in [-0.15, -0.1) is 0 Å². The molecule has 0 unspecified atom stereocenters. The molecule has 0 aliphatic carbocycles. The number of halogens is 2. The minimum absolute atomic E-state index is 0.161. The van der Waals surface area contributed by atoms with E-state index in [1.54, 1.807) is 12.1 Å². The molecule has 2 aromatic heterocycles. The quantitative estimate of drug-likeness (QED) is 0.432. The molecule has 0 atom stereocenters. The number of fused-ring (bicyclic) bond motifs is 2. The molecule has 146 valence electrons. The molecule has 0 spiro atoms. The van der Waals surface area contributed by atoms with Gasteiger partial charge < -0.3 is 0 Å². The largest absolute Gasteiger partial charge is 0.293 e. The molecule has 0 fully saturated rings. The van der Waals surface area contributed by atoms with Crippen LogP contribution in [0.15, 0.2) is 84.0 Å². The second-order valence-electron chi connectivity index (χ2n) is 7.03. The number of hydrogen-bond acceptors (Lipinski definition) is 3. The molecule has 0 N–H and O–H groups in total. The molecule has 0 radical (unpaired) electrons. The number of pyridine rings is 1. The van der Waals surface area contributed by atoms with E-state index in [9.17, 15) is 13.6 Å². The van der Waals surface area contributed by atoms with Gasteiger partial charge in [-0.1, -0.05) is 36.4 Å². The number of rotatable bonds is 3. The van der Waals surface area contributed by atoms with E-state index in [0.717, 1.165) is 15.3 Å². The van der Waals surface area contributed by atoms with E-state index >= 15 is 0 Å². The lowest BCUT2D eigenvalue weighted by atomic mass is 9.99. The topological polar surface area (TPSA) is 47.8 Å². The predicted molar refractivity (Wildman–Crippen MR) is 112 cm³/mol. The van der Waals surface area contributed by atoms with Crippen molar-refractivity contribution in [3.05, 3.63) is 107 Å². The van der Waals surface area contributed by atoms with Crippen molar-refractivity contribution in [1.29, 1.82) is 0 Å². The summed E-state index contributed by atoms with van der Waals surface area (Å²) in [7, 11) is 0. The Bertz CT molecular complexity index is 1450. The van der Waals surface area contributed by atoms with Gasteiger partial charge in [-0.25, -0.2) is 18.7 Å². The van der Waals surface area contributed by atoms with Crippen molar-refractivity contribution >= 4 is 21.8 Å². The molecule has 3 aromatic carbocycles. The zero-order valence-corrected chi connectivity index (χ0v) is 15.7. The van der Waals surface area contributed by atoms with E-state index in [1.807, 2.05) is 42.5 Å². The van der Waals surface area contributed by atoms with E-state index in [-0.39, 0.29) is 17.6 Å². The van der Waals surface area contributed by atoms with Crippen LogP contribution in [0.5, 0.6) is 0 Å². The molecule has 5 aromatic rings. The first-order chi connectivity index (χ1) is 14.6. The monoisotopic (exact) mass is 399 g/mol. The molecular formula is C24H15F2N3O. The SMILES string of the molecule is O=c1c2ncccc2ncn1Cc1c(F)cc(-c2ccc3ccccc3c2)cc1F. The Morgan fingerprint density at radius 1 is 0.800 bits per heavy atom. The first kappa shape index (κ1) is 18.1. The van der Waals surface area contributed by atoms with Crippen molar-refractivity contribution in [2.75, 3.05) is 0 Å². The molecule has 0 saturated heterocycles. The van der Waals surface area contributed by atoms with Gasteiger partial charge in [0, 0.05) is 11.8 Å². The molecule has 5 rings (SSSR count). The molecule has 0 saturated carbocycles. The highest BCUT2D eigenvalue weighted by Gasteiger charge is 2.15. The summed E-state index contributed by atoms with van der Waals surface area (Å²) in [6.45, 7) is -0.270. The zero-order valence-electron chi connectivity index (χ0n) is 15.7. The molecule has 4 nitrogen and oxygen atoms in total. The highest BCUT2D eigenvalue weighted by Crippen LogP contribution is 2.28. The standard InChI is InChI=1S/C24H15F2N3O/c25-20-11-18(17-8-7-15-4-1-2-5-16(15)10-17)12-21(26)19(20)13-29-14-28-22-6-3-9-27-23(22)24(29)30/h1-12,14H,13H2. The molecule has 0 amide bonds. The van der Waals surface area contributed by atoms with Crippen LogP contribution in [0.1, 0.15) is 5.56 Å². The van der Waals surface area contributed by atoms with E-state index < -0.39 is 17.2 Å². The highest BCUT2D eigenvalue weighted by atomic mass is 19.1. The first-order valence-corrected chi connectivity index (χ1v) is 9.37. The van der Waals surface area contributed by atoms with Gasteiger partial charge in [-0.05, 0) is 52.2 Å². The highest BCUT2D eigenvalue weighted by molar-refractivity contribution is 5.87. The summed E-state index contributed by atoms with van der Waals surface area (Å²) in [5.74, 6) is -1.43. The molecule has 0 bridgehead atoms. The Balaban J connectivity index is 1.54. The minimum atomic E-state index is -0.717. The summed E-state index contributed by atoms with van der Waals surface area (Å²) in [6.07, 6.45) is 2.76. The van der Waals surface area contributed by atoms with Gasteiger partial charge in [0.15, 0.2) is 5.52 Å². The number of nitrogens with zero attached hydrogens (tertiary/aromatic N) is 3. The Labute approximate surface area is 170 Å². The van der Waals surface area contributed by atoms with E-state index in [4.69, 9.17) is 0 Å². The van der Waals surface area contributed by atoms with Gasteiger partial charge in [0.2, 0.25) is 0 Å². The van der Waals surface area contributed by atoms with Crippen LogP contribution in [0, 0.1) is 11.6 Å². The van der Waals surface area contributed by atoms with Crippen LogP contribution < -0.4 is 5.56 Å². The van der Waals surface area contributed by atoms with Gasteiger partial charge in [-0.3, -0.25) is 9.36 Å². The second-order valence-corrected chi connectivity index (χ2v) is 7.03. The zero-order chi connectivity index (χ0) is 20.7. The molecule has 0 aliphatic heterocycles. The van der Waals surface area contributed by atoms with Crippen molar-refractivity contribution in [2.45, 2.75) is 6.54 Å². The third-order valence-corrected chi connectivity index (χ3v) is 5.14. The summed E-state index contributed by atoms with van der Waals surface area (Å²) < 4.78 is 30.9. The van der Waals surface area contributed by atoms with Crippen LogP contribution >= 0.6 is 0 Å². The number of benzene rings is 3. The van der Waals surface area contributed by atoms with Crippen molar-refractivity contribution < 1.29 is 8.78 Å². The maximum absolute atomic E-state index is 14.9. The van der Waals surface area contributed by atoms with Crippen molar-refractivity contribution in [3.63, 3.8) is 0 Å². The summed E-state index contributed by atoms with van der Waals surface area (Å²) in [5.41, 5.74) is 1.11. The number of hydrogen-bond donors (Lipinski definition) is 0. The predicted octanol–water partition coefficient (Wildman–Crippen LogP) is 4.94. The molecule has 30 heavy (non-hydrogen) atoms. The molecular weight excluding hydrogens is 384 g/mol. The summed E-state index contributed by atoms with van der Waals surface area (Å²) in [4.78, 5) is 20.8. The Hall–Kier alpha value is -3.93. The molecule has 2 heterocycles. The normalized spacial score (nSPS) is 11.3. The fraction of sp³-hybridized carbons (Fsp3) is 0.0417. The number of aromatic nitrogens is 3. The summed E-state index contributed by atoms with van der Waals surface area (Å²) in [6, 6.07) is 19.3. The average Bonchev–Trinajstić information content (AvgIpc) is 2.77. The van der Waals surface area contributed by atoms with Crippen LogP contribution in [-0.2, 0) is 6.54 Å². The fourth-order valence-electron chi connectivity index (χ4n) is 3.56. The maximum atomic E-state index is 14.9. The van der Waals surface area contributed by atoms with Crippen LogP contribution in [0.3, 0.4) is 0 Å². The van der Waals surface area contributed by atoms with Crippen LogP contribution in [-0.4, -0.2) is 14.5 Å². The van der Waals surface area contributed by atoms with Crippen LogP contribution in [0.25, 0.3) is 32.9 Å². The lowest BCUT2D eigenvalue weighted by Crippen LogP contribution is -2.23. The minimum Gasteiger partial charge on any atom is -0.293 e. The molecule has 6 heteroatoms. The van der Waals surface area contributed by atoms with Gasteiger partial charge in [-0.2, -0.15) is 0 Å². The second kappa shape index (κ2) is 7.15. The fourth-order valence-corrected chi connectivity index (χ4v) is 3.56. The van der Waals surface area contributed by atoms with Crippen molar-refractivity contribution in [3.8, 4) is 11.1 Å². The van der Waals surface area contributed by atoms with Gasteiger partial charge in [0.1, 0.15) is 11.6 Å². The summed E-state index contributed by atoms with van der Waals surface area (Å²) in [5, 5.41) is 2.04. The van der Waals surface area contributed by atoms with Crippen LogP contribution in [0.2, 0.25) is 0 Å². The summed E-state index contributed by atoms with van der Waals surface area (Å²) >= 11 is 0. The van der Waals surface area contributed by atoms with Gasteiger partial charge in [0.05, 0.1) is 18.4 Å². The third kappa shape index (κ3) is 3.12. The Kier molecular flexibility index (Phi) is 4.32. The Morgan fingerprint density at radius 3 is 2.37 bits per heavy atom. The van der Waals surface area contributed by atoms with Crippen molar-refractivity contribution in [2.24, 2.45) is 0 Å². The smallest absolute Gasteiger partial charge is 0.280 e. The molecule has 0 aliphatic rings. The van der Waals surface area contributed by atoms with E-state index in [2.05, 4.69) is 9.97 Å². The Morgan fingerprint density at radius 2 is 1.57 bits per heavy atom. The van der Waals surface area contributed by atoms with Crippen molar-refractivity contribution in [1.82, 2.24) is 14.5 Å². The van der Waals surface area contributed by atoms with Crippen LogP contribution in [0.4, 0.5) is 8.78 Å². The average molecular weight is 399 g/mol. The maximum Gasteiger partial charge on any atom is 0.280 e. The third-order valence-electron chi connectivity index (χ3n) is 5.14. The lowest BCUT2D eigenvalue weighted by Gasteiger charge is -2.11. The lowest BCUT2D eigenvalue weighted by molar-refractivity contribution is 0.541. The van der Waals surface area contributed by atoms with E-state index in [0.29, 0.717) is 16.6 Å². The first-order valence-electron chi connectivity index (χ1n) is 9.37. The van der Waals surface area contributed by atoms with Gasteiger partial charge in [0.25, 0.3) is 5.56 Å².